The van der Waals surface area contributed by atoms with Gasteiger partial charge in [0.05, 0.1) is 28.1 Å². The molecular weight excluding hydrogens is 961 g/mol. The second-order valence-electron chi connectivity index (χ2n) is 17.0. The van der Waals surface area contributed by atoms with E-state index in [4.69, 9.17) is 14.9 Å². The molecule has 0 aliphatic heterocycles. The van der Waals surface area contributed by atoms with Crippen molar-refractivity contribution in [3.05, 3.63) is 163 Å². The van der Waals surface area contributed by atoms with E-state index in [-0.39, 0.29) is 31.1 Å². The fraction of sp³-hybridized carbons (Fsp3) is 0.212. The van der Waals surface area contributed by atoms with Crippen LogP contribution in [0.3, 0.4) is 0 Å². The number of nitrogens with zero attached hydrogens (tertiary/aromatic N) is 4. The number of imidazole rings is 1. The van der Waals surface area contributed by atoms with Gasteiger partial charge in [-0.15, -0.1) is 18.2 Å². The quantitative estimate of drug-likeness (QED) is 0.123. The average molecular weight is 1020 g/mol. The van der Waals surface area contributed by atoms with E-state index in [0.717, 1.165) is 72.4 Å². The molecule has 7 heteroatoms. The zero-order valence-corrected chi connectivity index (χ0v) is 39.2. The topological polar surface area (TPSA) is 56.7 Å². The first kappa shape index (κ1) is 36.9. The summed E-state index contributed by atoms with van der Waals surface area (Å²) in [6.07, 6.45) is 3.67. The molecule has 9 aromatic rings. The van der Waals surface area contributed by atoms with E-state index < -0.39 is 26.0 Å². The minimum Gasteiger partial charge on any atom is 0 e. The predicted molar refractivity (Wildman–Crippen MR) is 245 cm³/mol. The standard InChI is InChI=1S/C34H26N3O.C18H24GeN.Ir/c1-34(2,3)27-18-10-14-23(22-12-5-4-6-13-22)30(27)37-29-20-8-7-19-28(29)36-32(37)26-16-9-15-24-25-17-11-21-35-33(25)38-31(24)26;1-13(2)16-11-18(15-9-7-14(3)8-10-15)20-12-17(16)19(4,5)6;/h4-15,17-21H,1-3H3;7-9,11-13H,1-6H3;/q2*-1;/i;3D3,13D;. The van der Waals surface area contributed by atoms with Crippen LogP contribution in [0.5, 0.6) is 0 Å². The van der Waals surface area contributed by atoms with Crippen molar-refractivity contribution >= 4 is 50.8 Å². The van der Waals surface area contributed by atoms with E-state index in [1.165, 1.54) is 16.0 Å². The van der Waals surface area contributed by atoms with E-state index >= 15 is 0 Å². The Bertz CT molecular complexity index is 3070. The van der Waals surface area contributed by atoms with Gasteiger partial charge in [-0.3, -0.25) is 4.98 Å². The largest absolute Gasteiger partial charge is 0 e. The molecule has 0 aliphatic carbocycles. The third kappa shape index (κ3) is 8.36. The second kappa shape index (κ2) is 16.8. The Morgan fingerprint density at radius 2 is 1.61 bits per heavy atom. The summed E-state index contributed by atoms with van der Waals surface area (Å²) >= 11 is -2.14. The zero-order valence-electron chi connectivity index (χ0n) is 38.7. The molecule has 0 saturated heterocycles. The number of furan rings is 1. The number of pyridine rings is 2. The third-order valence-corrected chi connectivity index (χ3v) is 14.7. The maximum atomic E-state index is 8.49. The maximum absolute atomic E-state index is 8.49. The molecule has 1 radical (unpaired) electrons. The Morgan fingerprint density at radius 3 is 2.32 bits per heavy atom. The van der Waals surface area contributed by atoms with Crippen molar-refractivity contribution in [2.75, 3.05) is 0 Å². The number of hydrogen-bond acceptors (Lipinski definition) is 4. The first-order valence-electron chi connectivity index (χ1n) is 21.7. The normalized spacial score (nSPS) is 13.2. The first-order chi connectivity index (χ1) is 29.3. The molecule has 4 aromatic heterocycles. The molecule has 0 spiro atoms. The van der Waals surface area contributed by atoms with Crippen LogP contribution >= 0.6 is 0 Å². The second-order valence-corrected chi connectivity index (χ2v) is 27.6. The van der Waals surface area contributed by atoms with Gasteiger partial charge in [0.25, 0.3) is 0 Å². The van der Waals surface area contributed by atoms with Crippen molar-refractivity contribution in [3.8, 4) is 39.5 Å². The SMILES string of the molecule is CC(C)(C)c1cccc(-c2ccccc2)c1-n1c(-c2[c-]ccc3c2oc2ncccc23)nc2ccccc21.[2H]C([2H])([2H])c1c[c-]c(-c2cc(C([2H])(C)C)[c]([Ge]([CH3])([CH3])[CH3])cn2)cc1.[Ir]. The number of fused-ring (bicyclic) bond motifs is 4. The van der Waals surface area contributed by atoms with Crippen LogP contribution in [0.1, 0.15) is 62.7 Å². The Morgan fingerprint density at radius 1 is 0.831 bits per heavy atom. The van der Waals surface area contributed by atoms with Crippen LogP contribution in [0.15, 0.2) is 138 Å². The number of aromatic nitrogens is 4. The van der Waals surface area contributed by atoms with E-state index in [9.17, 15) is 0 Å². The first-order valence-corrected chi connectivity index (χ1v) is 27.0. The number of hydrogen-bond donors (Lipinski definition) is 0. The molecule has 0 fully saturated rings. The van der Waals surface area contributed by atoms with Crippen molar-refractivity contribution in [1.82, 2.24) is 19.5 Å². The van der Waals surface area contributed by atoms with Gasteiger partial charge >= 0.3 is 131 Å². The van der Waals surface area contributed by atoms with Gasteiger partial charge in [-0.25, -0.2) is 4.98 Å². The fourth-order valence-electron chi connectivity index (χ4n) is 7.60. The molecule has 4 heterocycles. The molecule has 59 heavy (non-hydrogen) atoms. The number of aryl methyl sites for hydroxylation is 1. The summed E-state index contributed by atoms with van der Waals surface area (Å²) in [6, 6.07) is 46.8. The van der Waals surface area contributed by atoms with E-state index in [1.807, 2.05) is 56.4 Å². The predicted octanol–water partition coefficient (Wildman–Crippen LogP) is 13.3. The molecule has 0 N–H and O–H groups in total. The number of rotatable bonds is 6. The van der Waals surface area contributed by atoms with Crippen LogP contribution in [0.25, 0.3) is 72.6 Å². The van der Waals surface area contributed by atoms with Crippen LogP contribution in [0.2, 0.25) is 17.3 Å². The minimum absolute atomic E-state index is 0. The van der Waals surface area contributed by atoms with Gasteiger partial charge < -0.3 is 8.98 Å². The summed E-state index contributed by atoms with van der Waals surface area (Å²) in [5.41, 5.74) is 11.5. The minimum atomic E-state index is -2.14. The van der Waals surface area contributed by atoms with E-state index in [0.29, 0.717) is 5.71 Å². The fourth-order valence-corrected chi connectivity index (χ4v) is 10.9. The third-order valence-electron chi connectivity index (χ3n) is 10.5. The van der Waals surface area contributed by atoms with Gasteiger partial charge in [0.1, 0.15) is 0 Å². The van der Waals surface area contributed by atoms with Crippen LogP contribution < -0.4 is 4.40 Å². The molecule has 0 atom stereocenters. The summed E-state index contributed by atoms with van der Waals surface area (Å²) in [7, 11) is 0. The molecule has 0 amide bonds. The van der Waals surface area contributed by atoms with Gasteiger partial charge in [0.2, 0.25) is 5.71 Å². The molecular formula is C52H50GeIrN4O-2. The van der Waals surface area contributed by atoms with Gasteiger partial charge in [-0.2, -0.15) is 0 Å². The smallest absolute Gasteiger partial charge is 0 e. The van der Waals surface area contributed by atoms with Crippen molar-refractivity contribution in [2.45, 2.75) is 70.0 Å². The Kier molecular flexibility index (Phi) is 10.5. The molecule has 5 aromatic carbocycles. The summed E-state index contributed by atoms with van der Waals surface area (Å²) in [5, 5.41) is 1.99. The van der Waals surface area contributed by atoms with Crippen molar-refractivity contribution < 1.29 is 30.0 Å². The van der Waals surface area contributed by atoms with E-state index in [1.54, 1.807) is 18.3 Å². The van der Waals surface area contributed by atoms with Crippen molar-refractivity contribution in [1.29, 1.82) is 0 Å². The molecule has 299 valence electrons. The van der Waals surface area contributed by atoms with Gasteiger partial charge in [-0.1, -0.05) is 92.4 Å². The summed E-state index contributed by atoms with van der Waals surface area (Å²) in [4.78, 5) is 14.2. The Balaban J connectivity index is 0.000000207. The Labute approximate surface area is 370 Å². The molecule has 0 saturated carbocycles. The molecule has 0 unspecified atom stereocenters. The number of benzene rings is 5. The van der Waals surface area contributed by atoms with Crippen LogP contribution in [-0.2, 0) is 25.5 Å². The summed E-state index contributed by atoms with van der Waals surface area (Å²) < 4.78 is 40.7. The van der Waals surface area contributed by atoms with Gasteiger partial charge in [0, 0.05) is 37.3 Å². The average Bonchev–Trinajstić information content (AvgIpc) is 3.81. The number of para-hydroxylation sites is 3. The van der Waals surface area contributed by atoms with Crippen LogP contribution in [-0.4, -0.2) is 32.8 Å². The zero-order chi connectivity index (χ0) is 44.2. The van der Waals surface area contributed by atoms with Crippen molar-refractivity contribution in [2.24, 2.45) is 0 Å². The van der Waals surface area contributed by atoms with Crippen molar-refractivity contribution in [3.63, 3.8) is 0 Å². The van der Waals surface area contributed by atoms with Crippen LogP contribution in [0, 0.1) is 19.0 Å². The molecule has 0 aliphatic rings. The van der Waals surface area contributed by atoms with Gasteiger partial charge in [0.15, 0.2) is 0 Å². The Hall–Kier alpha value is -5.14. The van der Waals surface area contributed by atoms with Crippen LogP contribution in [0.4, 0.5) is 0 Å². The summed E-state index contributed by atoms with van der Waals surface area (Å²) in [6.45, 7) is 8.45. The van der Waals surface area contributed by atoms with Gasteiger partial charge in [-0.05, 0) is 40.8 Å². The molecule has 9 rings (SSSR count). The molecule has 0 bridgehead atoms. The maximum Gasteiger partial charge on any atom is 0 e. The molecule has 5 nitrogen and oxygen atoms in total. The summed E-state index contributed by atoms with van der Waals surface area (Å²) in [5.74, 6) is 6.98. The van der Waals surface area contributed by atoms with E-state index in [2.05, 4.69) is 131 Å². The monoisotopic (exact) mass is 1020 g/mol.